The number of primary amides is 1. The first-order valence-corrected chi connectivity index (χ1v) is 7.04. The first kappa shape index (κ1) is 14.5. The number of aryl methyl sites for hydroxylation is 1. The molecule has 1 fully saturated rings. The van der Waals surface area contributed by atoms with Crippen LogP contribution in [-0.4, -0.2) is 31.4 Å². The summed E-state index contributed by atoms with van der Waals surface area (Å²) in [6.07, 6.45) is 1.79. The van der Waals surface area contributed by atoms with Crippen LogP contribution in [0.3, 0.4) is 0 Å². The van der Waals surface area contributed by atoms with Crippen LogP contribution in [0.25, 0.3) is 0 Å². The highest BCUT2D eigenvalue weighted by molar-refractivity contribution is 5.91. The van der Waals surface area contributed by atoms with E-state index in [1.165, 1.54) is 0 Å². The maximum absolute atomic E-state index is 12.0. The fraction of sp³-hybridized carbons (Fsp3) is 0.467. The van der Waals surface area contributed by atoms with Crippen LogP contribution in [0.2, 0.25) is 0 Å². The highest BCUT2D eigenvalue weighted by Gasteiger charge is 2.28. The zero-order valence-electron chi connectivity index (χ0n) is 11.8. The van der Waals surface area contributed by atoms with Gasteiger partial charge in [-0.2, -0.15) is 0 Å². The number of amides is 2. The summed E-state index contributed by atoms with van der Waals surface area (Å²) in [7, 11) is 0. The van der Waals surface area contributed by atoms with Crippen LogP contribution in [0.15, 0.2) is 24.3 Å². The fourth-order valence-corrected chi connectivity index (χ4v) is 2.71. The normalized spacial score (nSPS) is 22.2. The lowest BCUT2D eigenvalue weighted by atomic mass is 9.97. The molecular weight excluding hydrogens is 254 g/mol. The Labute approximate surface area is 119 Å². The average Bonchev–Trinajstić information content (AvgIpc) is 2.38. The predicted octanol–water partition coefficient (Wildman–Crippen LogP) is -0.286. The van der Waals surface area contributed by atoms with Gasteiger partial charge in [-0.3, -0.25) is 9.59 Å². The van der Waals surface area contributed by atoms with Gasteiger partial charge in [-0.1, -0.05) is 12.1 Å². The summed E-state index contributed by atoms with van der Waals surface area (Å²) in [6.45, 7) is 3.96. The molecule has 2 rings (SSSR count). The van der Waals surface area contributed by atoms with Crippen molar-refractivity contribution in [1.29, 1.82) is 0 Å². The second-order valence-corrected chi connectivity index (χ2v) is 5.54. The van der Waals surface area contributed by atoms with Crippen LogP contribution in [0.5, 0.6) is 0 Å². The Morgan fingerprint density at radius 2 is 2.25 bits per heavy atom. The smallest absolute Gasteiger partial charge is 0.279 e. The number of hydrogen-bond donors (Lipinski definition) is 3. The minimum Gasteiger partial charge on any atom is -0.369 e. The molecular formula is C15H22N3O2+. The van der Waals surface area contributed by atoms with E-state index in [-0.39, 0.29) is 17.7 Å². The Kier molecular flexibility index (Phi) is 4.74. The van der Waals surface area contributed by atoms with Crippen LogP contribution in [0, 0.1) is 12.8 Å². The van der Waals surface area contributed by atoms with Gasteiger partial charge in [-0.25, -0.2) is 0 Å². The average molecular weight is 276 g/mol. The lowest BCUT2D eigenvalue weighted by Gasteiger charge is -2.27. The van der Waals surface area contributed by atoms with Crippen LogP contribution >= 0.6 is 0 Å². The summed E-state index contributed by atoms with van der Waals surface area (Å²) in [6, 6.07) is 7.73. The number of nitrogens with one attached hydrogen (secondary N) is 2. The zero-order chi connectivity index (χ0) is 14.5. The van der Waals surface area contributed by atoms with Crippen molar-refractivity contribution in [3.8, 4) is 0 Å². The number of piperidine rings is 1. The Morgan fingerprint density at radius 1 is 1.45 bits per heavy atom. The molecule has 5 nitrogen and oxygen atoms in total. The van der Waals surface area contributed by atoms with Crippen molar-refractivity contribution in [2.45, 2.75) is 19.8 Å². The molecule has 1 aliphatic heterocycles. The third-order valence-corrected chi connectivity index (χ3v) is 3.73. The fourth-order valence-electron chi connectivity index (χ4n) is 2.71. The lowest BCUT2D eigenvalue weighted by Crippen LogP contribution is -3.14. The molecule has 20 heavy (non-hydrogen) atoms. The van der Waals surface area contributed by atoms with Gasteiger partial charge >= 0.3 is 0 Å². The molecule has 2 atom stereocenters. The minimum atomic E-state index is -0.249. The minimum absolute atomic E-state index is 0.0179. The van der Waals surface area contributed by atoms with E-state index in [2.05, 4.69) is 5.32 Å². The molecule has 0 aromatic heterocycles. The number of carbonyl (C=O) groups is 2. The van der Waals surface area contributed by atoms with Crippen molar-refractivity contribution < 1.29 is 14.5 Å². The van der Waals surface area contributed by atoms with Crippen molar-refractivity contribution >= 4 is 17.5 Å². The number of likely N-dealkylation sites (tertiary alicyclic amines) is 1. The van der Waals surface area contributed by atoms with E-state index in [4.69, 9.17) is 5.73 Å². The molecule has 0 radical (unpaired) electrons. The number of hydrogen-bond acceptors (Lipinski definition) is 2. The van der Waals surface area contributed by atoms with Gasteiger partial charge in [0.2, 0.25) is 5.91 Å². The number of nitrogens with two attached hydrogens (primary N) is 1. The van der Waals surface area contributed by atoms with Crippen LogP contribution in [0.4, 0.5) is 5.69 Å². The number of carbonyl (C=O) groups excluding carboxylic acids is 2. The zero-order valence-corrected chi connectivity index (χ0v) is 11.8. The van der Waals surface area contributed by atoms with Crippen molar-refractivity contribution in [2.24, 2.45) is 11.7 Å². The maximum Gasteiger partial charge on any atom is 0.279 e. The van der Waals surface area contributed by atoms with Crippen molar-refractivity contribution in [3.63, 3.8) is 0 Å². The quantitative estimate of drug-likeness (QED) is 0.707. The number of quaternary nitrogens is 1. The number of benzene rings is 1. The molecule has 1 unspecified atom stereocenters. The molecule has 1 heterocycles. The van der Waals surface area contributed by atoms with Gasteiger partial charge in [0, 0.05) is 5.69 Å². The topological polar surface area (TPSA) is 76.6 Å². The summed E-state index contributed by atoms with van der Waals surface area (Å²) < 4.78 is 0. The maximum atomic E-state index is 12.0. The van der Waals surface area contributed by atoms with E-state index in [1.807, 2.05) is 31.2 Å². The first-order valence-electron chi connectivity index (χ1n) is 7.04. The van der Waals surface area contributed by atoms with Gasteiger partial charge in [-0.05, 0) is 37.5 Å². The molecule has 5 heteroatoms. The van der Waals surface area contributed by atoms with Gasteiger partial charge in [0.15, 0.2) is 6.54 Å². The van der Waals surface area contributed by atoms with E-state index in [1.54, 1.807) is 0 Å². The molecule has 2 amide bonds. The van der Waals surface area contributed by atoms with Crippen LogP contribution in [-0.2, 0) is 9.59 Å². The number of anilines is 1. The van der Waals surface area contributed by atoms with Gasteiger partial charge in [0.05, 0.1) is 19.0 Å². The molecule has 1 saturated heterocycles. The van der Waals surface area contributed by atoms with Crippen LogP contribution in [0.1, 0.15) is 18.4 Å². The highest BCUT2D eigenvalue weighted by Crippen LogP contribution is 2.09. The highest BCUT2D eigenvalue weighted by atomic mass is 16.2. The summed E-state index contributed by atoms with van der Waals surface area (Å²) in [4.78, 5) is 24.4. The molecule has 1 aliphatic rings. The van der Waals surface area contributed by atoms with Gasteiger partial charge in [0.25, 0.3) is 5.91 Å². The van der Waals surface area contributed by atoms with Crippen molar-refractivity contribution in [1.82, 2.24) is 0 Å². The SMILES string of the molecule is Cc1cccc(NC(=O)C[NH+]2CCC[C@H](C(N)=O)C2)c1. The van der Waals surface area contributed by atoms with Gasteiger partial charge in [0.1, 0.15) is 0 Å². The molecule has 1 aromatic rings. The molecule has 0 saturated carbocycles. The monoisotopic (exact) mass is 276 g/mol. The molecule has 0 aliphatic carbocycles. The molecule has 108 valence electrons. The Balaban J connectivity index is 1.86. The molecule has 0 spiro atoms. The first-order chi connectivity index (χ1) is 9.54. The largest absolute Gasteiger partial charge is 0.369 e. The lowest BCUT2D eigenvalue weighted by molar-refractivity contribution is -0.899. The summed E-state index contributed by atoms with van der Waals surface area (Å²) in [5.41, 5.74) is 7.28. The predicted molar refractivity (Wildman–Crippen MR) is 77.3 cm³/mol. The molecule has 4 N–H and O–H groups in total. The van der Waals surface area contributed by atoms with Crippen LogP contribution < -0.4 is 16.0 Å². The summed E-state index contributed by atoms with van der Waals surface area (Å²) >= 11 is 0. The third kappa shape index (κ3) is 4.06. The Morgan fingerprint density at radius 3 is 2.95 bits per heavy atom. The van der Waals surface area contributed by atoms with Gasteiger partial charge < -0.3 is 16.0 Å². The standard InChI is InChI=1S/C15H21N3O2/c1-11-4-2-6-13(8-11)17-14(19)10-18-7-3-5-12(9-18)15(16)20/h2,4,6,8,12H,3,5,7,9-10H2,1H3,(H2,16,20)(H,17,19)/p+1/t12-/m0/s1. The van der Waals surface area contributed by atoms with E-state index in [0.717, 1.165) is 35.5 Å². The summed E-state index contributed by atoms with van der Waals surface area (Å²) in [5, 5.41) is 2.90. The number of rotatable bonds is 4. The molecule has 0 bridgehead atoms. The van der Waals surface area contributed by atoms with Crippen molar-refractivity contribution in [3.05, 3.63) is 29.8 Å². The second kappa shape index (κ2) is 6.52. The Hall–Kier alpha value is -1.88. The van der Waals surface area contributed by atoms with E-state index in [9.17, 15) is 9.59 Å². The van der Waals surface area contributed by atoms with Gasteiger partial charge in [-0.15, -0.1) is 0 Å². The van der Waals surface area contributed by atoms with E-state index in [0.29, 0.717) is 13.1 Å². The second-order valence-electron chi connectivity index (χ2n) is 5.54. The summed E-state index contributed by atoms with van der Waals surface area (Å²) in [5.74, 6) is -0.359. The van der Waals surface area contributed by atoms with E-state index < -0.39 is 0 Å². The molecule has 1 aromatic carbocycles. The Bertz CT molecular complexity index is 502. The van der Waals surface area contributed by atoms with Crippen molar-refractivity contribution in [2.75, 3.05) is 25.0 Å². The third-order valence-electron chi connectivity index (χ3n) is 3.73. The van der Waals surface area contributed by atoms with E-state index >= 15 is 0 Å².